The van der Waals surface area contributed by atoms with Crippen molar-refractivity contribution in [1.82, 2.24) is 5.32 Å². The Morgan fingerprint density at radius 3 is 2.63 bits per heavy atom. The van der Waals surface area contributed by atoms with Crippen LogP contribution in [0.5, 0.6) is 0 Å². The van der Waals surface area contributed by atoms with E-state index < -0.39 is 5.54 Å². The van der Waals surface area contributed by atoms with Crippen molar-refractivity contribution in [2.24, 2.45) is 16.8 Å². The van der Waals surface area contributed by atoms with E-state index >= 15 is 0 Å². The number of hydrogen-bond acceptors (Lipinski definition) is 4. The van der Waals surface area contributed by atoms with Gasteiger partial charge in [-0.15, -0.1) is 11.8 Å². The standard InChI is InChI=1S/C13H23N3O2S/c1-9-4-6-13(7-5-9,12(14)16-18)15-11(17)10-3-2-8-19-10/h9-10,18H,2-8H2,1H3,(H2,14,16)(H,15,17). The van der Waals surface area contributed by atoms with Crippen LogP contribution in [0.25, 0.3) is 0 Å². The molecule has 2 fully saturated rings. The second kappa shape index (κ2) is 6.03. The molecule has 0 aromatic carbocycles. The summed E-state index contributed by atoms with van der Waals surface area (Å²) in [5.41, 5.74) is 5.22. The van der Waals surface area contributed by atoms with Gasteiger partial charge in [-0.1, -0.05) is 12.1 Å². The second-order valence-electron chi connectivity index (χ2n) is 5.74. The first-order valence-electron chi connectivity index (χ1n) is 6.99. The minimum absolute atomic E-state index is 0.0303. The molecule has 19 heavy (non-hydrogen) atoms. The Morgan fingerprint density at radius 1 is 1.42 bits per heavy atom. The van der Waals surface area contributed by atoms with Crippen molar-refractivity contribution >= 4 is 23.5 Å². The molecule has 1 heterocycles. The summed E-state index contributed by atoms with van der Waals surface area (Å²) in [4.78, 5) is 12.3. The molecule has 0 aromatic heterocycles. The molecule has 2 aliphatic rings. The molecule has 2 rings (SSSR count). The summed E-state index contributed by atoms with van der Waals surface area (Å²) in [5.74, 6) is 1.88. The van der Waals surface area contributed by atoms with E-state index in [-0.39, 0.29) is 17.0 Å². The number of carbonyl (C=O) groups excluding carboxylic acids is 1. The number of carbonyl (C=O) groups is 1. The van der Waals surface area contributed by atoms with Crippen LogP contribution in [0.3, 0.4) is 0 Å². The highest BCUT2D eigenvalue weighted by molar-refractivity contribution is 8.00. The van der Waals surface area contributed by atoms with Crippen molar-refractivity contribution in [3.8, 4) is 0 Å². The fraction of sp³-hybridized carbons (Fsp3) is 0.846. The maximum Gasteiger partial charge on any atom is 0.233 e. The van der Waals surface area contributed by atoms with Gasteiger partial charge in [0.25, 0.3) is 0 Å². The number of hydrogen-bond donors (Lipinski definition) is 3. The van der Waals surface area contributed by atoms with E-state index in [1.54, 1.807) is 11.8 Å². The summed E-state index contributed by atoms with van der Waals surface area (Å²) < 4.78 is 0. The lowest BCUT2D eigenvalue weighted by atomic mass is 9.76. The van der Waals surface area contributed by atoms with Gasteiger partial charge in [-0.2, -0.15) is 0 Å². The molecule has 1 amide bonds. The zero-order valence-electron chi connectivity index (χ0n) is 11.4. The summed E-state index contributed by atoms with van der Waals surface area (Å²) in [6.45, 7) is 2.20. The smallest absolute Gasteiger partial charge is 0.233 e. The molecule has 1 saturated carbocycles. The van der Waals surface area contributed by atoms with Crippen LogP contribution < -0.4 is 11.1 Å². The monoisotopic (exact) mass is 285 g/mol. The van der Waals surface area contributed by atoms with Gasteiger partial charge >= 0.3 is 0 Å². The number of thioether (sulfide) groups is 1. The Bertz CT molecular complexity index is 359. The van der Waals surface area contributed by atoms with Gasteiger partial charge in [-0.3, -0.25) is 4.79 Å². The number of amidine groups is 1. The number of nitrogens with zero attached hydrogens (tertiary/aromatic N) is 1. The molecule has 0 spiro atoms. The van der Waals surface area contributed by atoms with Crippen molar-refractivity contribution in [2.45, 2.75) is 56.2 Å². The Hall–Kier alpha value is -0.910. The van der Waals surface area contributed by atoms with Crippen LogP contribution in [0.15, 0.2) is 5.16 Å². The molecule has 0 bridgehead atoms. The Kier molecular flexibility index (Phi) is 4.60. The van der Waals surface area contributed by atoms with Crippen LogP contribution in [-0.4, -0.2) is 33.5 Å². The van der Waals surface area contributed by atoms with Crippen molar-refractivity contribution in [3.05, 3.63) is 0 Å². The Balaban J connectivity index is 2.07. The molecular weight excluding hydrogens is 262 g/mol. The normalized spacial score (nSPS) is 36.2. The quantitative estimate of drug-likeness (QED) is 0.319. The van der Waals surface area contributed by atoms with E-state index in [1.165, 1.54) is 0 Å². The first-order chi connectivity index (χ1) is 9.07. The molecule has 1 aliphatic heterocycles. The highest BCUT2D eigenvalue weighted by Crippen LogP contribution is 2.33. The molecule has 1 atom stereocenters. The van der Waals surface area contributed by atoms with Crippen molar-refractivity contribution in [2.75, 3.05) is 5.75 Å². The second-order valence-corrected chi connectivity index (χ2v) is 7.05. The molecule has 1 aliphatic carbocycles. The summed E-state index contributed by atoms with van der Waals surface area (Å²) in [7, 11) is 0. The average molecular weight is 285 g/mol. The lowest BCUT2D eigenvalue weighted by molar-refractivity contribution is -0.122. The number of rotatable bonds is 3. The fourth-order valence-electron chi connectivity index (χ4n) is 2.90. The summed E-state index contributed by atoms with van der Waals surface area (Å²) in [6.07, 6.45) is 5.53. The minimum atomic E-state index is -0.637. The van der Waals surface area contributed by atoms with E-state index in [0.717, 1.165) is 44.3 Å². The maximum atomic E-state index is 12.3. The predicted octanol–water partition coefficient (Wildman–Crippen LogP) is 1.69. The van der Waals surface area contributed by atoms with Gasteiger partial charge in [-0.05, 0) is 50.2 Å². The Labute approximate surface area is 118 Å². The van der Waals surface area contributed by atoms with E-state index in [0.29, 0.717) is 5.92 Å². The molecule has 4 N–H and O–H groups in total. The number of amides is 1. The van der Waals surface area contributed by atoms with E-state index in [2.05, 4.69) is 17.4 Å². The van der Waals surface area contributed by atoms with Gasteiger partial charge in [0.2, 0.25) is 5.91 Å². The first kappa shape index (κ1) is 14.5. The highest BCUT2D eigenvalue weighted by atomic mass is 32.2. The van der Waals surface area contributed by atoms with Crippen LogP contribution >= 0.6 is 11.8 Å². The first-order valence-corrected chi connectivity index (χ1v) is 8.04. The van der Waals surface area contributed by atoms with Crippen molar-refractivity contribution in [3.63, 3.8) is 0 Å². The minimum Gasteiger partial charge on any atom is -0.409 e. The lowest BCUT2D eigenvalue weighted by Crippen LogP contribution is -2.60. The van der Waals surface area contributed by atoms with Crippen LogP contribution in [0.4, 0.5) is 0 Å². The van der Waals surface area contributed by atoms with Crippen LogP contribution in [0, 0.1) is 5.92 Å². The van der Waals surface area contributed by atoms with Crippen LogP contribution in [0.1, 0.15) is 45.4 Å². The van der Waals surface area contributed by atoms with Crippen molar-refractivity contribution in [1.29, 1.82) is 0 Å². The third-order valence-electron chi connectivity index (χ3n) is 4.31. The molecule has 6 heteroatoms. The number of oxime groups is 1. The number of nitrogens with one attached hydrogen (secondary N) is 1. The summed E-state index contributed by atoms with van der Waals surface area (Å²) in [6, 6.07) is 0. The van der Waals surface area contributed by atoms with Crippen LogP contribution in [-0.2, 0) is 4.79 Å². The lowest BCUT2D eigenvalue weighted by Gasteiger charge is -2.39. The molecule has 0 aromatic rings. The third kappa shape index (κ3) is 3.16. The highest BCUT2D eigenvalue weighted by Gasteiger charge is 2.41. The van der Waals surface area contributed by atoms with Gasteiger partial charge in [0, 0.05) is 0 Å². The molecule has 0 radical (unpaired) electrons. The van der Waals surface area contributed by atoms with E-state index in [4.69, 9.17) is 10.9 Å². The molecular formula is C13H23N3O2S. The molecule has 1 unspecified atom stereocenters. The Morgan fingerprint density at radius 2 is 2.11 bits per heavy atom. The predicted molar refractivity (Wildman–Crippen MR) is 77.4 cm³/mol. The summed E-state index contributed by atoms with van der Waals surface area (Å²) in [5, 5.41) is 15.3. The largest absolute Gasteiger partial charge is 0.409 e. The number of nitrogens with two attached hydrogens (primary N) is 1. The molecule has 1 saturated heterocycles. The van der Waals surface area contributed by atoms with Gasteiger partial charge in [0.15, 0.2) is 5.84 Å². The maximum absolute atomic E-state index is 12.3. The zero-order chi connectivity index (χ0) is 13.9. The van der Waals surface area contributed by atoms with Gasteiger partial charge in [-0.25, -0.2) is 0 Å². The third-order valence-corrected chi connectivity index (χ3v) is 5.69. The fourth-order valence-corrected chi connectivity index (χ4v) is 4.06. The summed E-state index contributed by atoms with van der Waals surface area (Å²) >= 11 is 1.70. The van der Waals surface area contributed by atoms with E-state index in [1.807, 2.05) is 0 Å². The molecule has 5 nitrogen and oxygen atoms in total. The van der Waals surface area contributed by atoms with Gasteiger partial charge in [0.05, 0.1) is 5.25 Å². The molecule has 108 valence electrons. The average Bonchev–Trinajstić information content (AvgIpc) is 2.95. The topological polar surface area (TPSA) is 87.7 Å². The van der Waals surface area contributed by atoms with Crippen molar-refractivity contribution < 1.29 is 10.0 Å². The SMILES string of the molecule is CC1CCC(NC(=O)C2CCCS2)(C(N)=NO)CC1. The van der Waals surface area contributed by atoms with E-state index in [9.17, 15) is 4.79 Å². The van der Waals surface area contributed by atoms with Gasteiger partial charge < -0.3 is 16.3 Å². The zero-order valence-corrected chi connectivity index (χ0v) is 12.2. The van der Waals surface area contributed by atoms with Crippen LogP contribution in [0.2, 0.25) is 0 Å². The van der Waals surface area contributed by atoms with Gasteiger partial charge in [0.1, 0.15) is 5.54 Å².